The number of hydrogen-bond acceptors (Lipinski definition) is 2. The van der Waals surface area contributed by atoms with Crippen LogP contribution in [0.1, 0.15) is 12.0 Å². The molecule has 1 amide bonds. The summed E-state index contributed by atoms with van der Waals surface area (Å²) in [6, 6.07) is 12.5. The molecule has 116 valence electrons. The van der Waals surface area contributed by atoms with E-state index in [1.165, 1.54) is 18.2 Å². The Morgan fingerprint density at radius 3 is 2.41 bits per heavy atom. The Bertz CT molecular complexity index is 614. The van der Waals surface area contributed by atoms with E-state index >= 15 is 0 Å². The number of benzene rings is 2. The van der Waals surface area contributed by atoms with Gasteiger partial charge in [-0.3, -0.25) is 4.79 Å². The van der Waals surface area contributed by atoms with Gasteiger partial charge in [-0.15, -0.1) is 0 Å². The topological polar surface area (TPSA) is 41.1 Å². The molecule has 0 aliphatic heterocycles. The van der Waals surface area contributed by atoms with E-state index < -0.39 is 0 Å². The number of hydrogen-bond donors (Lipinski definition) is 2. The van der Waals surface area contributed by atoms with Crippen LogP contribution in [0.4, 0.5) is 14.5 Å². The number of carbonyl (C=O) groups is 1. The first-order valence-electron chi connectivity index (χ1n) is 7.15. The molecule has 0 aliphatic carbocycles. The zero-order valence-electron chi connectivity index (χ0n) is 12.1. The van der Waals surface area contributed by atoms with Gasteiger partial charge in [-0.05, 0) is 36.2 Å². The fraction of sp³-hybridized carbons (Fsp3) is 0.235. The lowest BCUT2D eigenvalue weighted by Crippen LogP contribution is -2.27. The zero-order valence-corrected chi connectivity index (χ0v) is 12.1. The van der Waals surface area contributed by atoms with E-state index in [-0.39, 0.29) is 24.0 Å². The molecule has 0 spiro atoms. The van der Waals surface area contributed by atoms with E-state index in [9.17, 15) is 13.6 Å². The minimum Gasteiger partial charge on any atom is -0.382 e. The van der Waals surface area contributed by atoms with Crippen molar-refractivity contribution in [2.24, 2.45) is 0 Å². The normalized spacial score (nSPS) is 10.3. The fourth-order valence-electron chi connectivity index (χ4n) is 2.00. The molecule has 2 N–H and O–H groups in total. The molecule has 22 heavy (non-hydrogen) atoms. The summed E-state index contributed by atoms with van der Waals surface area (Å²) in [7, 11) is 0. The van der Waals surface area contributed by atoms with Crippen LogP contribution < -0.4 is 10.6 Å². The third-order valence-corrected chi connectivity index (χ3v) is 3.19. The summed E-state index contributed by atoms with van der Waals surface area (Å²) in [5.41, 5.74) is 1.35. The Morgan fingerprint density at radius 2 is 1.68 bits per heavy atom. The highest BCUT2D eigenvalue weighted by molar-refractivity contribution is 5.76. The highest BCUT2D eigenvalue weighted by Crippen LogP contribution is 2.11. The van der Waals surface area contributed by atoms with Gasteiger partial charge < -0.3 is 10.6 Å². The lowest BCUT2D eigenvalue weighted by molar-refractivity contribution is -0.120. The number of amides is 1. The van der Waals surface area contributed by atoms with Crippen LogP contribution >= 0.6 is 0 Å². The third-order valence-electron chi connectivity index (χ3n) is 3.19. The molecule has 2 rings (SSSR count). The predicted octanol–water partition coefficient (Wildman–Crippen LogP) is 3.13. The largest absolute Gasteiger partial charge is 0.382 e. The number of carbonyl (C=O) groups excluding carboxylic acids is 1. The molecule has 0 radical (unpaired) electrons. The summed E-state index contributed by atoms with van der Waals surface area (Å²) in [5.74, 6) is -0.711. The highest BCUT2D eigenvalue weighted by Gasteiger charge is 2.03. The number of rotatable bonds is 7. The molecule has 3 nitrogen and oxygen atoms in total. The van der Waals surface area contributed by atoms with Crippen LogP contribution in [-0.4, -0.2) is 19.0 Å². The molecule has 2 aromatic rings. The highest BCUT2D eigenvalue weighted by atomic mass is 19.1. The fourth-order valence-corrected chi connectivity index (χ4v) is 2.00. The van der Waals surface area contributed by atoms with Crippen molar-refractivity contribution in [2.45, 2.75) is 12.8 Å². The van der Waals surface area contributed by atoms with Crippen molar-refractivity contribution in [3.63, 3.8) is 0 Å². The number of para-hydroxylation sites is 1. The molecular weight excluding hydrogens is 286 g/mol. The second-order valence-electron chi connectivity index (χ2n) is 4.88. The predicted molar refractivity (Wildman–Crippen MR) is 82.6 cm³/mol. The lowest BCUT2D eigenvalue weighted by atomic mass is 10.1. The standard InChI is InChI=1S/C17H18F2N2O/c18-14-7-5-13(6-8-14)9-11-21-17(22)10-12-20-16-4-2-1-3-15(16)19/h1-8,20H,9-12H2,(H,21,22). The maximum atomic E-state index is 13.3. The monoisotopic (exact) mass is 304 g/mol. The van der Waals surface area contributed by atoms with E-state index in [2.05, 4.69) is 10.6 Å². The summed E-state index contributed by atoms with van der Waals surface area (Å²) in [6.07, 6.45) is 0.907. The van der Waals surface area contributed by atoms with Crippen molar-refractivity contribution in [1.29, 1.82) is 0 Å². The minimum atomic E-state index is -0.334. The molecule has 2 aromatic carbocycles. The Labute approximate surface area is 128 Å². The summed E-state index contributed by atoms with van der Waals surface area (Å²) in [4.78, 5) is 11.7. The minimum absolute atomic E-state index is 0.106. The first-order valence-corrected chi connectivity index (χ1v) is 7.15. The van der Waals surface area contributed by atoms with Gasteiger partial charge in [0.1, 0.15) is 11.6 Å². The summed E-state index contributed by atoms with van der Waals surface area (Å²) < 4.78 is 26.1. The van der Waals surface area contributed by atoms with Crippen molar-refractivity contribution < 1.29 is 13.6 Å². The molecule has 0 aliphatic rings. The van der Waals surface area contributed by atoms with Crippen LogP contribution in [-0.2, 0) is 11.2 Å². The Hall–Kier alpha value is -2.43. The van der Waals surface area contributed by atoms with Crippen molar-refractivity contribution in [3.8, 4) is 0 Å². The Kier molecular flexibility index (Phi) is 5.89. The molecule has 0 aromatic heterocycles. The molecule has 0 saturated heterocycles. The van der Waals surface area contributed by atoms with Gasteiger partial charge in [0, 0.05) is 19.5 Å². The zero-order chi connectivity index (χ0) is 15.8. The van der Waals surface area contributed by atoms with Gasteiger partial charge in [-0.25, -0.2) is 8.78 Å². The van der Waals surface area contributed by atoms with Crippen LogP contribution in [0.25, 0.3) is 0 Å². The smallest absolute Gasteiger partial charge is 0.221 e. The van der Waals surface area contributed by atoms with Gasteiger partial charge in [0.15, 0.2) is 0 Å². The summed E-state index contributed by atoms with van der Waals surface area (Å²) >= 11 is 0. The Morgan fingerprint density at radius 1 is 0.955 bits per heavy atom. The van der Waals surface area contributed by atoms with Gasteiger partial charge >= 0.3 is 0 Å². The van der Waals surface area contributed by atoms with Crippen molar-refractivity contribution in [3.05, 3.63) is 65.7 Å². The molecule has 0 bridgehead atoms. The lowest BCUT2D eigenvalue weighted by Gasteiger charge is -2.08. The maximum Gasteiger partial charge on any atom is 0.221 e. The molecule has 0 unspecified atom stereocenters. The summed E-state index contributed by atoms with van der Waals surface area (Å²) in [5, 5.41) is 5.66. The Balaban J connectivity index is 1.64. The van der Waals surface area contributed by atoms with Gasteiger partial charge in [-0.2, -0.15) is 0 Å². The van der Waals surface area contributed by atoms with Crippen LogP contribution in [0, 0.1) is 11.6 Å². The van der Waals surface area contributed by atoms with Crippen LogP contribution in [0.15, 0.2) is 48.5 Å². The van der Waals surface area contributed by atoms with Crippen LogP contribution in [0.5, 0.6) is 0 Å². The average molecular weight is 304 g/mol. The molecule has 5 heteroatoms. The molecular formula is C17H18F2N2O. The van der Waals surface area contributed by atoms with Gasteiger partial charge in [0.25, 0.3) is 0 Å². The van der Waals surface area contributed by atoms with E-state index in [1.54, 1.807) is 30.3 Å². The van der Waals surface area contributed by atoms with Gasteiger partial charge in [0.2, 0.25) is 5.91 Å². The second-order valence-corrected chi connectivity index (χ2v) is 4.88. The van der Waals surface area contributed by atoms with E-state index in [0.29, 0.717) is 25.2 Å². The van der Waals surface area contributed by atoms with Crippen LogP contribution in [0.2, 0.25) is 0 Å². The number of anilines is 1. The quantitative estimate of drug-likeness (QED) is 0.825. The van der Waals surface area contributed by atoms with E-state index in [4.69, 9.17) is 0 Å². The third kappa shape index (κ3) is 5.16. The van der Waals surface area contributed by atoms with E-state index in [0.717, 1.165) is 5.56 Å². The van der Waals surface area contributed by atoms with Crippen molar-refractivity contribution in [2.75, 3.05) is 18.4 Å². The first-order chi connectivity index (χ1) is 10.6. The van der Waals surface area contributed by atoms with Gasteiger partial charge in [-0.1, -0.05) is 24.3 Å². The number of halogens is 2. The maximum absolute atomic E-state index is 13.3. The molecule has 0 saturated carbocycles. The van der Waals surface area contributed by atoms with E-state index in [1.807, 2.05) is 0 Å². The molecule has 0 atom stereocenters. The molecule has 0 heterocycles. The first kappa shape index (κ1) is 15.9. The SMILES string of the molecule is O=C(CCNc1ccccc1F)NCCc1ccc(F)cc1. The van der Waals surface area contributed by atoms with Crippen molar-refractivity contribution in [1.82, 2.24) is 5.32 Å². The average Bonchev–Trinajstić information content (AvgIpc) is 2.51. The molecule has 0 fully saturated rings. The summed E-state index contributed by atoms with van der Waals surface area (Å²) in [6.45, 7) is 0.855. The second kappa shape index (κ2) is 8.12. The van der Waals surface area contributed by atoms with Gasteiger partial charge in [0.05, 0.1) is 5.69 Å². The van der Waals surface area contributed by atoms with Crippen molar-refractivity contribution >= 4 is 11.6 Å². The number of nitrogens with one attached hydrogen (secondary N) is 2. The van der Waals surface area contributed by atoms with Crippen LogP contribution in [0.3, 0.4) is 0 Å².